The van der Waals surface area contributed by atoms with Crippen molar-refractivity contribution in [2.24, 2.45) is 5.92 Å². The molecule has 0 amide bonds. The summed E-state index contributed by atoms with van der Waals surface area (Å²) in [5.41, 5.74) is 4.40. The third-order valence-corrected chi connectivity index (χ3v) is 4.52. The van der Waals surface area contributed by atoms with Crippen LogP contribution in [-0.2, 0) is 6.42 Å². The van der Waals surface area contributed by atoms with E-state index in [0.29, 0.717) is 0 Å². The second kappa shape index (κ2) is 5.33. The third-order valence-electron chi connectivity index (χ3n) is 3.66. The molecule has 2 heteroatoms. The zero-order valence-corrected chi connectivity index (χ0v) is 11.7. The van der Waals surface area contributed by atoms with Crippen LogP contribution in [0.4, 0.5) is 0 Å². The lowest BCUT2D eigenvalue weighted by Crippen LogP contribution is -2.31. The fraction of sp³-hybridized carbons (Fsp3) is 0.571. The van der Waals surface area contributed by atoms with E-state index in [1.165, 1.54) is 48.0 Å². The maximum Gasteiger partial charge on any atom is 0.0207 e. The van der Waals surface area contributed by atoms with Crippen molar-refractivity contribution in [3.05, 3.63) is 33.3 Å². The number of benzene rings is 1. The average molecular weight is 282 g/mol. The van der Waals surface area contributed by atoms with Gasteiger partial charge in [-0.1, -0.05) is 22.0 Å². The molecular weight excluding hydrogens is 262 g/mol. The fourth-order valence-corrected chi connectivity index (χ4v) is 2.94. The molecule has 1 aromatic rings. The van der Waals surface area contributed by atoms with Crippen LogP contribution in [0.3, 0.4) is 0 Å². The Kier molecular flexibility index (Phi) is 4.04. The van der Waals surface area contributed by atoms with Gasteiger partial charge in [-0.2, -0.15) is 0 Å². The van der Waals surface area contributed by atoms with E-state index in [-0.39, 0.29) is 0 Å². The molecule has 2 rings (SSSR count). The maximum atomic E-state index is 3.63. The molecule has 0 aromatic heterocycles. The third kappa shape index (κ3) is 2.67. The van der Waals surface area contributed by atoms with E-state index in [0.717, 1.165) is 5.92 Å². The molecule has 0 saturated carbocycles. The van der Waals surface area contributed by atoms with Gasteiger partial charge >= 0.3 is 0 Å². The predicted molar refractivity (Wildman–Crippen MR) is 72.9 cm³/mol. The van der Waals surface area contributed by atoms with E-state index in [9.17, 15) is 0 Å². The quantitative estimate of drug-likeness (QED) is 0.873. The molecule has 88 valence electrons. The molecule has 1 atom stereocenters. The van der Waals surface area contributed by atoms with Gasteiger partial charge in [0.25, 0.3) is 0 Å². The average Bonchev–Trinajstić information content (AvgIpc) is 2.31. The first-order valence-corrected chi connectivity index (χ1v) is 6.93. The van der Waals surface area contributed by atoms with Crippen molar-refractivity contribution in [3.8, 4) is 0 Å². The van der Waals surface area contributed by atoms with E-state index in [1.807, 2.05) is 0 Å². The number of halogens is 1. The Hall–Kier alpha value is -0.340. The molecule has 1 nitrogen and oxygen atoms in total. The lowest BCUT2D eigenvalue weighted by Gasteiger charge is -2.24. The Bertz CT molecular complexity index is 367. The smallest absolute Gasteiger partial charge is 0.0207 e. The Morgan fingerprint density at radius 2 is 2.19 bits per heavy atom. The standard InChI is InChI=1S/C14H20BrN/c1-10-5-6-14(15)11(2)13(10)8-12-4-3-7-16-9-12/h5-6,12,16H,3-4,7-9H2,1-2H3. The summed E-state index contributed by atoms with van der Waals surface area (Å²) < 4.78 is 1.25. The van der Waals surface area contributed by atoms with Gasteiger partial charge < -0.3 is 5.32 Å². The summed E-state index contributed by atoms with van der Waals surface area (Å²) in [7, 11) is 0. The van der Waals surface area contributed by atoms with E-state index in [2.05, 4.69) is 47.2 Å². The number of hydrogen-bond donors (Lipinski definition) is 1. The summed E-state index contributed by atoms with van der Waals surface area (Å²) >= 11 is 3.63. The Morgan fingerprint density at radius 1 is 1.38 bits per heavy atom. The first-order valence-electron chi connectivity index (χ1n) is 6.14. The van der Waals surface area contributed by atoms with Crippen molar-refractivity contribution >= 4 is 15.9 Å². The van der Waals surface area contributed by atoms with Crippen molar-refractivity contribution in [1.29, 1.82) is 0 Å². The van der Waals surface area contributed by atoms with Gasteiger partial charge in [0.15, 0.2) is 0 Å². The number of aryl methyl sites for hydroxylation is 1. The molecule has 0 radical (unpaired) electrons. The summed E-state index contributed by atoms with van der Waals surface area (Å²) in [6, 6.07) is 4.38. The van der Waals surface area contributed by atoms with Crippen molar-refractivity contribution in [2.45, 2.75) is 33.1 Å². The highest BCUT2D eigenvalue weighted by Crippen LogP contribution is 2.26. The number of hydrogen-bond acceptors (Lipinski definition) is 1. The van der Waals surface area contributed by atoms with Gasteiger partial charge in [0.1, 0.15) is 0 Å². The molecule has 1 aliphatic heterocycles. The molecule has 0 aliphatic carbocycles. The minimum atomic E-state index is 0.820. The van der Waals surface area contributed by atoms with E-state index >= 15 is 0 Å². The highest BCUT2D eigenvalue weighted by atomic mass is 79.9. The van der Waals surface area contributed by atoms with Crippen LogP contribution in [-0.4, -0.2) is 13.1 Å². The van der Waals surface area contributed by atoms with Gasteiger partial charge in [0.2, 0.25) is 0 Å². The van der Waals surface area contributed by atoms with E-state index < -0.39 is 0 Å². The molecule has 1 unspecified atom stereocenters. The second-order valence-electron chi connectivity index (χ2n) is 4.88. The first-order chi connectivity index (χ1) is 7.68. The molecule has 1 aromatic carbocycles. The Balaban J connectivity index is 2.16. The summed E-state index contributed by atoms with van der Waals surface area (Å²) in [5, 5.41) is 3.50. The molecular formula is C14H20BrN. The van der Waals surface area contributed by atoms with Crippen molar-refractivity contribution < 1.29 is 0 Å². The largest absolute Gasteiger partial charge is 0.316 e. The van der Waals surface area contributed by atoms with Crippen LogP contribution >= 0.6 is 15.9 Å². The van der Waals surface area contributed by atoms with Crippen LogP contribution in [0, 0.1) is 19.8 Å². The van der Waals surface area contributed by atoms with Crippen molar-refractivity contribution in [3.63, 3.8) is 0 Å². The van der Waals surface area contributed by atoms with Crippen LogP contribution in [0.2, 0.25) is 0 Å². The monoisotopic (exact) mass is 281 g/mol. The lowest BCUT2D eigenvalue weighted by atomic mass is 9.88. The van der Waals surface area contributed by atoms with Gasteiger partial charge in [-0.05, 0) is 74.9 Å². The first kappa shape index (κ1) is 12.1. The minimum Gasteiger partial charge on any atom is -0.316 e. The zero-order chi connectivity index (χ0) is 11.5. The van der Waals surface area contributed by atoms with Gasteiger partial charge in [-0.3, -0.25) is 0 Å². The SMILES string of the molecule is Cc1ccc(Br)c(C)c1CC1CCCNC1. The van der Waals surface area contributed by atoms with Crippen LogP contribution < -0.4 is 5.32 Å². The van der Waals surface area contributed by atoms with E-state index in [1.54, 1.807) is 5.56 Å². The van der Waals surface area contributed by atoms with Crippen LogP contribution in [0.25, 0.3) is 0 Å². The Morgan fingerprint density at radius 3 is 2.88 bits per heavy atom. The molecule has 1 aliphatic rings. The summed E-state index contributed by atoms with van der Waals surface area (Å²) in [6.07, 6.45) is 3.93. The van der Waals surface area contributed by atoms with Gasteiger partial charge in [-0.25, -0.2) is 0 Å². The zero-order valence-electron chi connectivity index (χ0n) is 10.1. The van der Waals surface area contributed by atoms with Gasteiger partial charge in [0.05, 0.1) is 0 Å². The summed E-state index contributed by atoms with van der Waals surface area (Å²) in [5.74, 6) is 0.820. The van der Waals surface area contributed by atoms with Crippen LogP contribution in [0.5, 0.6) is 0 Å². The number of piperidine rings is 1. The second-order valence-corrected chi connectivity index (χ2v) is 5.74. The molecule has 1 N–H and O–H groups in total. The highest BCUT2D eigenvalue weighted by molar-refractivity contribution is 9.10. The van der Waals surface area contributed by atoms with Crippen LogP contribution in [0.1, 0.15) is 29.5 Å². The van der Waals surface area contributed by atoms with Crippen molar-refractivity contribution in [1.82, 2.24) is 5.32 Å². The Labute approximate surface area is 107 Å². The number of rotatable bonds is 2. The molecule has 1 heterocycles. The predicted octanol–water partition coefficient (Wildman–Crippen LogP) is 3.61. The van der Waals surface area contributed by atoms with Gasteiger partial charge in [0, 0.05) is 4.47 Å². The van der Waals surface area contributed by atoms with Gasteiger partial charge in [-0.15, -0.1) is 0 Å². The highest BCUT2D eigenvalue weighted by Gasteiger charge is 2.16. The van der Waals surface area contributed by atoms with Crippen LogP contribution in [0.15, 0.2) is 16.6 Å². The summed E-state index contributed by atoms with van der Waals surface area (Å²) in [6.45, 7) is 6.84. The molecule has 16 heavy (non-hydrogen) atoms. The van der Waals surface area contributed by atoms with Crippen molar-refractivity contribution in [2.75, 3.05) is 13.1 Å². The topological polar surface area (TPSA) is 12.0 Å². The summed E-state index contributed by atoms with van der Waals surface area (Å²) in [4.78, 5) is 0. The fourth-order valence-electron chi connectivity index (χ4n) is 2.56. The molecule has 1 fully saturated rings. The van der Waals surface area contributed by atoms with E-state index in [4.69, 9.17) is 0 Å². The minimum absolute atomic E-state index is 0.820. The lowest BCUT2D eigenvalue weighted by molar-refractivity contribution is 0.375. The normalized spacial score (nSPS) is 21.1. The molecule has 0 bridgehead atoms. The molecule has 1 saturated heterocycles. The molecule has 0 spiro atoms. The number of nitrogens with one attached hydrogen (secondary N) is 1. The maximum absolute atomic E-state index is 3.63.